The summed E-state index contributed by atoms with van der Waals surface area (Å²) in [5.74, 6) is -1.48. The number of carboxylic acid groups (broad SMARTS) is 1. The van der Waals surface area contributed by atoms with Crippen LogP contribution in [0.2, 0.25) is 0 Å². The van der Waals surface area contributed by atoms with Crippen LogP contribution in [0.3, 0.4) is 0 Å². The number of carbonyl (C=O) groups is 3. The molecule has 1 aliphatic rings. The van der Waals surface area contributed by atoms with Gasteiger partial charge in [-0.1, -0.05) is 24.3 Å². The number of esters is 1. The molecule has 2 aromatic rings. The van der Waals surface area contributed by atoms with E-state index in [9.17, 15) is 19.5 Å². The molecule has 1 heterocycles. The number of ether oxygens (including phenoxy) is 2. The second-order valence-corrected chi connectivity index (χ2v) is 7.57. The van der Waals surface area contributed by atoms with E-state index in [0.29, 0.717) is 28.1 Å². The molecule has 1 saturated heterocycles. The van der Waals surface area contributed by atoms with Crippen LogP contribution in [0, 0.1) is 0 Å². The second kappa shape index (κ2) is 10.6. The Kier molecular flexibility index (Phi) is 7.67. The van der Waals surface area contributed by atoms with Crippen LogP contribution in [0.25, 0.3) is 6.08 Å². The molecule has 8 nitrogen and oxygen atoms in total. The number of amides is 1. The lowest BCUT2D eigenvalue weighted by atomic mass is 10.2. The van der Waals surface area contributed by atoms with Gasteiger partial charge in [0.1, 0.15) is 5.75 Å². The Balaban J connectivity index is 1.81. The Bertz CT molecular complexity index is 1100. The predicted molar refractivity (Wildman–Crippen MR) is 119 cm³/mol. The summed E-state index contributed by atoms with van der Waals surface area (Å²) in [6.07, 6.45) is 1.72. The maximum absolute atomic E-state index is 12.8. The highest BCUT2D eigenvalue weighted by atomic mass is 32.2. The zero-order valence-corrected chi connectivity index (χ0v) is 18.4. The fourth-order valence-electron chi connectivity index (χ4n) is 2.87. The van der Waals surface area contributed by atoms with E-state index in [-0.39, 0.29) is 24.7 Å². The standard InChI is InChI=1S/C23H22N2O6S/c1-3-25-21(27)19(32-23(25)24-17-9-6-8-16(13-17)22(28)29)12-15-7-5-10-18(11-15)31-14-20(26)30-4-2/h5-13H,3-4,14H2,1-2H3,(H,28,29)/p-1/b19-12+,24-23?. The molecule has 0 saturated carbocycles. The predicted octanol–water partition coefficient (Wildman–Crippen LogP) is 2.62. The number of carbonyl (C=O) groups excluding carboxylic acids is 3. The summed E-state index contributed by atoms with van der Waals surface area (Å²) in [6, 6.07) is 13.0. The average Bonchev–Trinajstić information content (AvgIpc) is 3.06. The third-order valence-electron chi connectivity index (χ3n) is 4.33. The maximum Gasteiger partial charge on any atom is 0.344 e. The van der Waals surface area contributed by atoms with E-state index in [1.807, 2.05) is 13.0 Å². The fraction of sp³-hybridized carbons (Fsp3) is 0.217. The first-order chi connectivity index (χ1) is 15.4. The topological polar surface area (TPSA) is 108 Å². The van der Waals surface area contributed by atoms with Gasteiger partial charge in [0.05, 0.1) is 23.2 Å². The number of hydrogen-bond donors (Lipinski definition) is 0. The van der Waals surface area contributed by atoms with Gasteiger partial charge in [-0.2, -0.15) is 0 Å². The van der Waals surface area contributed by atoms with Crippen molar-refractivity contribution in [2.45, 2.75) is 13.8 Å². The third-order valence-corrected chi connectivity index (χ3v) is 5.34. The molecule has 1 fully saturated rings. The summed E-state index contributed by atoms with van der Waals surface area (Å²) in [4.78, 5) is 41.8. The summed E-state index contributed by atoms with van der Waals surface area (Å²) in [6.45, 7) is 4.04. The van der Waals surface area contributed by atoms with Crippen LogP contribution in [0.5, 0.6) is 5.75 Å². The summed E-state index contributed by atoms with van der Waals surface area (Å²) in [5, 5.41) is 11.5. The number of hydrogen-bond acceptors (Lipinski definition) is 8. The van der Waals surface area contributed by atoms with Crippen LogP contribution in [0.4, 0.5) is 5.69 Å². The zero-order valence-electron chi connectivity index (χ0n) is 17.6. The van der Waals surface area contributed by atoms with E-state index >= 15 is 0 Å². The van der Waals surface area contributed by atoms with Gasteiger partial charge >= 0.3 is 5.97 Å². The zero-order chi connectivity index (χ0) is 23.1. The molecule has 32 heavy (non-hydrogen) atoms. The van der Waals surface area contributed by atoms with Gasteiger partial charge in [0.25, 0.3) is 5.91 Å². The van der Waals surface area contributed by atoms with Gasteiger partial charge in [-0.15, -0.1) is 0 Å². The van der Waals surface area contributed by atoms with E-state index in [0.717, 1.165) is 5.56 Å². The van der Waals surface area contributed by atoms with Gasteiger partial charge in [0.15, 0.2) is 11.8 Å². The van der Waals surface area contributed by atoms with Crippen LogP contribution in [-0.4, -0.2) is 47.7 Å². The van der Waals surface area contributed by atoms with Gasteiger partial charge in [0, 0.05) is 6.54 Å². The molecule has 1 amide bonds. The molecule has 3 rings (SSSR count). The van der Waals surface area contributed by atoms with Crippen molar-refractivity contribution >= 4 is 46.5 Å². The maximum atomic E-state index is 12.8. The number of likely N-dealkylation sites (N-methyl/N-ethyl adjacent to an activating group) is 1. The SMILES string of the molecule is CCOC(=O)COc1cccc(/C=C2/SC(=Nc3cccc(C(=O)[O-])c3)N(CC)C2=O)c1. The largest absolute Gasteiger partial charge is 0.545 e. The minimum absolute atomic E-state index is 0.0135. The molecule has 0 atom stereocenters. The number of amidine groups is 1. The molecule has 0 aromatic heterocycles. The number of nitrogens with zero attached hydrogens (tertiary/aromatic N) is 2. The lowest BCUT2D eigenvalue weighted by Crippen LogP contribution is -2.28. The normalized spacial score (nSPS) is 15.9. The highest BCUT2D eigenvalue weighted by molar-refractivity contribution is 8.18. The first-order valence-corrected chi connectivity index (χ1v) is 10.7. The summed E-state index contributed by atoms with van der Waals surface area (Å²) >= 11 is 1.20. The van der Waals surface area contributed by atoms with Gasteiger partial charge in [-0.25, -0.2) is 9.79 Å². The van der Waals surface area contributed by atoms with Crippen LogP contribution < -0.4 is 9.84 Å². The number of carboxylic acids is 1. The Morgan fingerprint density at radius 2 is 1.94 bits per heavy atom. The summed E-state index contributed by atoms with van der Waals surface area (Å²) in [7, 11) is 0. The number of benzene rings is 2. The lowest BCUT2D eigenvalue weighted by Gasteiger charge is -2.12. The number of aliphatic imine (C=N–C) groups is 1. The first-order valence-electron chi connectivity index (χ1n) is 9.91. The smallest absolute Gasteiger partial charge is 0.344 e. The van der Waals surface area contributed by atoms with E-state index < -0.39 is 11.9 Å². The van der Waals surface area contributed by atoms with Crippen LogP contribution in [-0.2, 0) is 14.3 Å². The Morgan fingerprint density at radius 1 is 1.16 bits per heavy atom. The molecule has 0 unspecified atom stereocenters. The van der Waals surface area contributed by atoms with E-state index in [2.05, 4.69) is 4.99 Å². The van der Waals surface area contributed by atoms with Crippen LogP contribution in [0.1, 0.15) is 29.8 Å². The number of thioether (sulfide) groups is 1. The van der Waals surface area contributed by atoms with Crippen molar-refractivity contribution in [3.63, 3.8) is 0 Å². The van der Waals surface area contributed by atoms with Gasteiger partial charge in [-0.3, -0.25) is 9.69 Å². The average molecular weight is 453 g/mol. The third kappa shape index (κ3) is 5.76. The van der Waals surface area contributed by atoms with E-state index in [4.69, 9.17) is 9.47 Å². The highest BCUT2D eigenvalue weighted by Crippen LogP contribution is 2.34. The lowest BCUT2D eigenvalue weighted by molar-refractivity contribution is -0.255. The molecule has 0 aliphatic carbocycles. The van der Waals surface area contributed by atoms with Gasteiger partial charge in [-0.05, 0) is 67.1 Å². The minimum Gasteiger partial charge on any atom is -0.545 e. The van der Waals surface area contributed by atoms with Crippen molar-refractivity contribution in [1.29, 1.82) is 0 Å². The monoisotopic (exact) mass is 453 g/mol. The van der Waals surface area contributed by atoms with Crippen molar-refractivity contribution in [2.24, 2.45) is 4.99 Å². The molecule has 0 radical (unpaired) electrons. The van der Waals surface area contributed by atoms with Crippen LogP contribution >= 0.6 is 11.8 Å². The molecule has 9 heteroatoms. The molecular formula is C23H21N2O6S-. The van der Waals surface area contributed by atoms with Gasteiger partial charge < -0.3 is 19.4 Å². The van der Waals surface area contributed by atoms with Crippen molar-refractivity contribution < 1.29 is 29.0 Å². The van der Waals surface area contributed by atoms with E-state index in [1.54, 1.807) is 43.3 Å². The number of rotatable bonds is 8. The van der Waals surface area contributed by atoms with Crippen LogP contribution in [0.15, 0.2) is 58.4 Å². The quantitative estimate of drug-likeness (QED) is 0.446. The van der Waals surface area contributed by atoms with Crippen molar-refractivity contribution in [2.75, 3.05) is 19.8 Å². The Hall–Kier alpha value is -3.59. The van der Waals surface area contributed by atoms with Crippen molar-refractivity contribution in [3.8, 4) is 5.75 Å². The summed E-state index contributed by atoms with van der Waals surface area (Å²) in [5.41, 5.74) is 1.15. The molecule has 0 spiro atoms. The van der Waals surface area contributed by atoms with Gasteiger partial charge in [0.2, 0.25) is 0 Å². The molecule has 0 bridgehead atoms. The molecule has 2 aromatic carbocycles. The van der Waals surface area contributed by atoms with Crippen molar-refractivity contribution in [3.05, 3.63) is 64.6 Å². The van der Waals surface area contributed by atoms with E-state index in [1.165, 1.54) is 28.8 Å². The number of aromatic carboxylic acids is 1. The summed E-state index contributed by atoms with van der Waals surface area (Å²) < 4.78 is 10.3. The molecular weight excluding hydrogens is 432 g/mol. The fourth-order valence-corrected chi connectivity index (χ4v) is 3.94. The first kappa shape index (κ1) is 23.1. The molecule has 166 valence electrons. The Morgan fingerprint density at radius 3 is 2.66 bits per heavy atom. The second-order valence-electron chi connectivity index (χ2n) is 6.56. The minimum atomic E-state index is -1.29. The highest BCUT2D eigenvalue weighted by Gasteiger charge is 2.32. The molecule has 1 aliphatic heterocycles. The Labute approximate surface area is 189 Å². The van der Waals surface area contributed by atoms with Crippen molar-refractivity contribution in [1.82, 2.24) is 4.90 Å². The molecule has 0 N–H and O–H groups in total.